The second-order valence-electron chi connectivity index (χ2n) is 6.40. The largest absolute Gasteiger partial charge is 0.365 e. The molecule has 0 saturated heterocycles. The molecule has 1 saturated carbocycles. The van der Waals surface area contributed by atoms with Crippen molar-refractivity contribution in [1.29, 1.82) is 0 Å². The van der Waals surface area contributed by atoms with Crippen LogP contribution in [0.15, 0.2) is 72.4 Å². The summed E-state index contributed by atoms with van der Waals surface area (Å²) in [6.45, 7) is 4.23. The lowest BCUT2D eigenvalue weighted by Crippen LogP contribution is -2.20. The molecule has 3 rings (SSSR count). The molecule has 1 fully saturated rings. The van der Waals surface area contributed by atoms with E-state index >= 15 is 0 Å². The number of oxime groups is 1. The minimum atomic E-state index is -0.435. The van der Waals surface area contributed by atoms with Crippen LogP contribution in [0.4, 0.5) is 0 Å². The Bertz CT molecular complexity index is 744. The molecule has 0 aromatic heterocycles. The molecule has 2 aromatic rings. The van der Waals surface area contributed by atoms with Crippen LogP contribution in [0.2, 0.25) is 0 Å². The highest BCUT2D eigenvalue weighted by Gasteiger charge is 2.23. The maximum atomic E-state index is 12.2. The summed E-state index contributed by atoms with van der Waals surface area (Å²) in [7, 11) is 0. The highest BCUT2D eigenvalue weighted by atomic mass is 16.7. The van der Waals surface area contributed by atoms with E-state index in [9.17, 15) is 4.79 Å². The molecule has 0 atom stereocenters. The lowest BCUT2D eigenvalue weighted by Gasteiger charge is -2.24. The summed E-state index contributed by atoms with van der Waals surface area (Å²) in [5, 5.41) is 4.27. The van der Waals surface area contributed by atoms with Gasteiger partial charge in [-0.3, -0.25) is 0 Å². The van der Waals surface area contributed by atoms with Gasteiger partial charge in [-0.15, -0.1) is 0 Å². The van der Waals surface area contributed by atoms with Crippen LogP contribution in [-0.4, -0.2) is 11.7 Å². The molecule has 25 heavy (non-hydrogen) atoms. The van der Waals surface area contributed by atoms with Crippen LogP contribution >= 0.6 is 0 Å². The SMILES string of the molecule is C=C(/C(=N/OC(=O)c1ccccc1)C1CCCCC1)c1ccccc1. The summed E-state index contributed by atoms with van der Waals surface area (Å²) in [5.41, 5.74) is 3.16. The van der Waals surface area contributed by atoms with Gasteiger partial charge in [0.2, 0.25) is 0 Å². The molecule has 128 valence electrons. The van der Waals surface area contributed by atoms with Gasteiger partial charge in [-0.2, -0.15) is 0 Å². The first-order chi connectivity index (χ1) is 12.3. The average molecular weight is 333 g/mol. The average Bonchev–Trinajstić information content (AvgIpc) is 2.70. The fourth-order valence-electron chi connectivity index (χ4n) is 3.26. The van der Waals surface area contributed by atoms with E-state index < -0.39 is 5.97 Å². The minimum Gasteiger partial charge on any atom is -0.313 e. The molecule has 0 bridgehead atoms. The number of allylic oxidation sites excluding steroid dienone is 1. The zero-order valence-electron chi connectivity index (χ0n) is 14.4. The van der Waals surface area contributed by atoms with Crippen molar-refractivity contribution in [3.05, 3.63) is 78.4 Å². The number of hydrogen-bond acceptors (Lipinski definition) is 3. The van der Waals surface area contributed by atoms with E-state index in [-0.39, 0.29) is 0 Å². The van der Waals surface area contributed by atoms with Crippen molar-refractivity contribution < 1.29 is 9.63 Å². The summed E-state index contributed by atoms with van der Waals surface area (Å²) in [6, 6.07) is 18.9. The van der Waals surface area contributed by atoms with Crippen molar-refractivity contribution in [2.75, 3.05) is 0 Å². The quantitative estimate of drug-likeness (QED) is 0.412. The Labute approximate surface area is 149 Å². The Hall–Kier alpha value is -2.68. The molecule has 0 radical (unpaired) electrons. The van der Waals surface area contributed by atoms with Crippen molar-refractivity contribution >= 4 is 17.3 Å². The monoisotopic (exact) mass is 333 g/mol. The van der Waals surface area contributed by atoms with Gasteiger partial charge in [0.15, 0.2) is 0 Å². The van der Waals surface area contributed by atoms with Crippen molar-refractivity contribution in [3.63, 3.8) is 0 Å². The third-order valence-electron chi connectivity index (χ3n) is 4.66. The summed E-state index contributed by atoms with van der Waals surface area (Å²) in [6.07, 6.45) is 5.74. The van der Waals surface area contributed by atoms with Gasteiger partial charge in [0, 0.05) is 5.92 Å². The second kappa shape index (κ2) is 8.43. The fourth-order valence-corrected chi connectivity index (χ4v) is 3.26. The molecule has 2 aromatic carbocycles. The van der Waals surface area contributed by atoms with Gasteiger partial charge in [0.05, 0.1) is 11.3 Å². The van der Waals surface area contributed by atoms with E-state index in [2.05, 4.69) is 11.7 Å². The predicted molar refractivity (Wildman–Crippen MR) is 101 cm³/mol. The van der Waals surface area contributed by atoms with E-state index in [4.69, 9.17) is 4.84 Å². The van der Waals surface area contributed by atoms with Crippen molar-refractivity contribution in [3.8, 4) is 0 Å². The van der Waals surface area contributed by atoms with E-state index in [0.717, 1.165) is 29.7 Å². The Morgan fingerprint density at radius 2 is 1.44 bits per heavy atom. The van der Waals surface area contributed by atoms with Gasteiger partial charge >= 0.3 is 5.97 Å². The number of rotatable bonds is 5. The van der Waals surface area contributed by atoms with Crippen molar-refractivity contribution in [2.45, 2.75) is 32.1 Å². The van der Waals surface area contributed by atoms with Gasteiger partial charge < -0.3 is 4.84 Å². The fraction of sp³-hybridized carbons (Fsp3) is 0.273. The van der Waals surface area contributed by atoms with Crippen LogP contribution in [-0.2, 0) is 4.84 Å². The molecule has 0 heterocycles. The van der Waals surface area contributed by atoms with E-state index in [1.807, 2.05) is 48.5 Å². The van der Waals surface area contributed by atoms with E-state index in [0.29, 0.717) is 11.5 Å². The lowest BCUT2D eigenvalue weighted by molar-refractivity contribution is 0.0514. The molecule has 0 N–H and O–H groups in total. The van der Waals surface area contributed by atoms with Crippen LogP contribution < -0.4 is 0 Å². The van der Waals surface area contributed by atoms with Crippen LogP contribution in [0, 0.1) is 5.92 Å². The van der Waals surface area contributed by atoms with Gasteiger partial charge in [0.1, 0.15) is 0 Å². The summed E-state index contributed by atoms with van der Waals surface area (Å²) < 4.78 is 0. The zero-order chi connectivity index (χ0) is 17.5. The lowest BCUT2D eigenvalue weighted by atomic mass is 9.82. The van der Waals surface area contributed by atoms with Gasteiger partial charge in [-0.25, -0.2) is 4.79 Å². The second-order valence-corrected chi connectivity index (χ2v) is 6.40. The van der Waals surface area contributed by atoms with Gasteiger partial charge in [-0.05, 0) is 36.1 Å². The Kier molecular flexibility index (Phi) is 5.78. The standard InChI is InChI=1S/C22H23NO2/c1-17(18-11-5-2-6-12-18)21(19-13-7-3-8-14-19)23-25-22(24)20-15-9-4-10-16-20/h2,4-6,9-12,15-16,19H,1,3,7-8,13-14H2/b23-21-. The Morgan fingerprint density at radius 1 is 0.880 bits per heavy atom. The van der Waals surface area contributed by atoms with Crippen LogP contribution in [0.5, 0.6) is 0 Å². The normalized spacial score (nSPS) is 15.6. The smallest absolute Gasteiger partial charge is 0.313 e. The number of carbonyl (C=O) groups is 1. The minimum absolute atomic E-state index is 0.296. The maximum Gasteiger partial charge on any atom is 0.365 e. The maximum absolute atomic E-state index is 12.2. The molecular weight excluding hydrogens is 310 g/mol. The summed E-state index contributed by atoms with van der Waals surface area (Å²) in [4.78, 5) is 17.5. The molecule has 3 nitrogen and oxygen atoms in total. The van der Waals surface area contributed by atoms with Crippen molar-refractivity contribution in [1.82, 2.24) is 0 Å². The molecule has 0 spiro atoms. The third-order valence-corrected chi connectivity index (χ3v) is 4.66. The first-order valence-electron chi connectivity index (χ1n) is 8.84. The van der Waals surface area contributed by atoms with Crippen LogP contribution in [0.3, 0.4) is 0 Å². The van der Waals surface area contributed by atoms with Crippen molar-refractivity contribution in [2.24, 2.45) is 11.1 Å². The number of nitrogens with zero attached hydrogens (tertiary/aromatic N) is 1. The summed E-state index contributed by atoms with van der Waals surface area (Å²) >= 11 is 0. The van der Waals surface area contributed by atoms with Gasteiger partial charge in [-0.1, -0.05) is 79.5 Å². The Balaban J connectivity index is 1.83. The zero-order valence-corrected chi connectivity index (χ0v) is 14.4. The molecule has 0 unspecified atom stereocenters. The highest BCUT2D eigenvalue weighted by molar-refractivity contribution is 6.24. The molecular formula is C22H23NO2. The number of hydrogen-bond donors (Lipinski definition) is 0. The first kappa shape index (κ1) is 17.2. The van der Waals surface area contributed by atoms with E-state index in [1.54, 1.807) is 12.1 Å². The topological polar surface area (TPSA) is 38.7 Å². The molecule has 0 amide bonds. The molecule has 1 aliphatic rings. The highest BCUT2D eigenvalue weighted by Crippen LogP contribution is 2.30. The van der Waals surface area contributed by atoms with Crippen LogP contribution in [0.1, 0.15) is 48.0 Å². The first-order valence-corrected chi connectivity index (χ1v) is 8.84. The Morgan fingerprint density at radius 3 is 2.04 bits per heavy atom. The third kappa shape index (κ3) is 4.44. The number of carbonyl (C=O) groups excluding carboxylic acids is 1. The van der Waals surface area contributed by atoms with Crippen LogP contribution in [0.25, 0.3) is 5.57 Å². The molecule has 1 aliphatic carbocycles. The van der Waals surface area contributed by atoms with E-state index in [1.165, 1.54) is 19.3 Å². The molecule has 0 aliphatic heterocycles. The number of benzene rings is 2. The molecule has 3 heteroatoms. The summed E-state index contributed by atoms with van der Waals surface area (Å²) in [5.74, 6) is -0.139. The predicted octanol–water partition coefficient (Wildman–Crippen LogP) is 5.49. The van der Waals surface area contributed by atoms with Gasteiger partial charge in [0.25, 0.3) is 0 Å².